The average molecular weight is 279 g/mol. The predicted octanol–water partition coefficient (Wildman–Crippen LogP) is 3.10. The Morgan fingerprint density at radius 2 is 1.95 bits per heavy atom. The lowest BCUT2D eigenvalue weighted by atomic mass is 10.1. The van der Waals surface area contributed by atoms with Gasteiger partial charge in [0.15, 0.2) is 0 Å². The normalized spacial score (nSPS) is 13.6. The molecule has 0 aliphatic rings. The van der Waals surface area contributed by atoms with Crippen molar-refractivity contribution in [3.63, 3.8) is 0 Å². The maximum absolute atomic E-state index is 13.1. The Morgan fingerprint density at radius 3 is 2.53 bits per heavy atom. The van der Waals surface area contributed by atoms with E-state index in [1.807, 2.05) is 6.92 Å². The maximum atomic E-state index is 13.1. The summed E-state index contributed by atoms with van der Waals surface area (Å²) in [6.45, 7) is 2.09. The molecule has 6 heteroatoms. The molecule has 0 saturated heterocycles. The number of aliphatic hydroxyl groups is 1. The van der Waals surface area contributed by atoms with Crippen LogP contribution in [-0.4, -0.2) is 17.8 Å². The molecule has 0 aromatic heterocycles. The monoisotopic (exact) mass is 279 g/mol. The molecule has 0 bridgehead atoms. The third-order valence-corrected chi connectivity index (χ3v) is 2.73. The number of hydrogen-bond acceptors (Lipinski definition) is 2. The van der Waals surface area contributed by atoms with Gasteiger partial charge in [-0.2, -0.15) is 13.2 Å². The van der Waals surface area contributed by atoms with Gasteiger partial charge in [0, 0.05) is 19.2 Å². The van der Waals surface area contributed by atoms with Crippen molar-refractivity contribution in [1.29, 1.82) is 0 Å². The molecule has 0 fully saturated rings. The quantitative estimate of drug-likeness (QED) is 0.784. The summed E-state index contributed by atoms with van der Waals surface area (Å²) in [4.78, 5) is 0. The second-order valence-electron chi connectivity index (χ2n) is 4.49. The zero-order valence-electron chi connectivity index (χ0n) is 10.6. The van der Waals surface area contributed by atoms with Crippen LogP contribution in [0.4, 0.5) is 17.6 Å². The Hall–Kier alpha value is -1.14. The molecule has 0 aliphatic heterocycles. The summed E-state index contributed by atoms with van der Waals surface area (Å²) in [5.74, 6) is -0.894. The van der Waals surface area contributed by atoms with Gasteiger partial charge in [0.25, 0.3) is 0 Å². The Bertz CT molecular complexity index is 406. The lowest BCUT2D eigenvalue weighted by Crippen LogP contribution is -2.25. The standard InChI is InChI=1S/C13H17F4NO/c1-9(3-2-4-19)18-8-10-5-11(13(15,16)17)7-12(14)6-10/h5-7,9,18-19H,2-4,8H2,1H3. The Kier molecular flexibility index (Phi) is 5.75. The number of halogens is 4. The molecule has 2 N–H and O–H groups in total. The van der Waals surface area contributed by atoms with Gasteiger partial charge in [-0.05, 0) is 43.5 Å². The predicted molar refractivity (Wildman–Crippen MR) is 64.0 cm³/mol. The van der Waals surface area contributed by atoms with Crippen molar-refractivity contribution in [1.82, 2.24) is 5.32 Å². The van der Waals surface area contributed by atoms with Gasteiger partial charge in [-0.3, -0.25) is 0 Å². The van der Waals surface area contributed by atoms with E-state index in [9.17, 15) is 17.6 Å². The van der Waals surface area contributed by atoms with Gasteiger partial charge in [-0.25, -0.2) is 4.39 Å². The van der Waals surface area contributed by atoms with E-state index in [0.717, 1.165) is 12.1 Å². The Balaban J connectivity index is 2.66. The lowest BCUT2D eigenvalue weighted by Gasteiger charge is -2.14. The van der Waals surface area contributed by atoms with Crippen molar-refractivity contribution in [2.45, 2.75) is 38.5 Å². The van der Waals surface area contributed by atoms with Crippen LogP contribution in [0.1, 0.15) is 30.9 Å². The Morgan fingerprint density at radius 1 is 1.26 bits per heavy atom. The fourth-order valence-electron chi connectivity index (χ4n) is 1.71. The summed E-state index contributed by atoms with van der Waals surface area (Å²) in [5, 5.41) is 11.7. The summed E-state index contributed by atoms with van der Waals surface area (Å²) in [6.07, 6.45) is -3.22. The molecule has 108 valence electrons. The van der Waals surface area contributed by atoms with Crippen LogP contribution >= 0.6 is 0 Å². The average Bonchev–Trinajstić information content (AvgIpc) is 2.32. The van der Waals surface area contributed by atoms with Crippen LogP contribution in [0.3, 0.4) is 0 Å². The van der Waals surface area contributed by atoms with E-state index in [1.165, 1.54) is 0 Å². The van der Waals surface area contributed by atoms with Gasteiger partial charge < -0.3 is 10.4 Å². The number of alkyl halides is 3. The number of hydrogen-bond donors (Lipinski definition) is 2. The van der Waals surface area contributed by atoms with Gasteiger partial charge in [0.1, 0.15) is 5.82 Å². The second-order valence-corrected chi connectivity index (χ2v) is 4.49. The fourth-order valence-corrected chi connectivity index (χ4v) is 1.71. The van der Waals surface area contributed by atoms with Gasteiger partial charge in [-0.15, -0.1) is 0 Å². The van der Waals surface area contributed by atoms with Crippen molar-refractivity contribution in [2.24, 2.45) is 0 Å². The van der Waals surface area contributed by atoms with Crippen LogP contribution < -0.4 is 5.32 Å². The number of rotatable bonds is 6. The molecule has 2 nitrogen and oxygen atoms in total. The molecule has 19 heavy (non-hydrogen) atoms. The second kappa shape index (κ2) is 6.86. The minimum absolute atomic E-state index is 0.0461. The number of aliphatic hydroxyl groups excluding tert-OH is 1. The van der Waals surface area contributed by atoms with E-state index in [0.29, 0.717) is 18.9 Å². The van der Waals surface area contributed by atoms with Crippen LogP contribution in [0.5, 0.6) is 0 Å². The van der Waals surface area contributed by atoms with E-state index in [2.05, 4.69) is 5.32 Å². The molecule has 0 spiro atoms. The van der Waals surface area contributed by atoms with Crippen LogP contribution in [0, 0.1) is 5.82 Å². The molecule has 0 aliphatic carbocycles. The highest BCUT2D eigenvalue weighted by Gasteiger charge is 2.31. The number of nitrogens with one attached hydrogen (secondary N) is 1. The molecule has 1 aromatic carbocycles. The van der Waals surface area contributed by atoms with Crippen LogP contribution in [0.2, 0.25) is 0 Å². The van der Waals surface area contributed by atoms with Crippen molar-refractivity contribution < 1.29 is 22.7 Å². The topological polar surface area (TPSA) is 32.3 Å². The van der Waals surface area contributed by atoms with E-state index >= 15 is 0 Å². The summed E-state index contributed by atoms with van der Waals surface area (Å²) in [5.41, 5.74) is -0.726. The highest BCUT2D eigenvalue weighted by atomic mass is 19.4. The van der Waals surface area contributed by atoms with Crippen LogP contribution in [0.25, 0.3) is 0 Å². The summed E-state index contributed by atoms with van der Waals surface area (Å²) in [6, 6.07) is 2.55. The highest BCUT2D eigenvalue weighted by molar-refractivity contribution is 5.26. The van der Waals surface area contributed by atoms with E-state index in [1.54, 1.807) is 0 Å². The Labute approximate surface area is 109 Å². The summed E-state index contributed by atoms with van der Waals surface area (Å²) >= 11 is 0. The van der Waals surface area contributed by atoms with Gasteiger partial charge in [0.05, 0.1) is 5.56 Å². The molecule has 0 saturated carbocycles. The van der Waals surface area contributed by atoms with Crippen molar-refractivity contribution in [3.05, 3.63) is 35.1 Å². The lowest BCUT2D eigenvalue weighted by molar-refractivity contribution is -0.137. The van der Waals surface area contributed by atoms with E-state index in [-0.39, 0.29) is 24.8 Å². The number of benzene rings is 1. The van der Waals surface area contributed by atoms with Crippen LogP contribution in [-0.2, 0) is 12.7 Å². The third-order valence-electron chi connectivity index (χ3n) is 2.73. The first-order chi connectivity index (χ1) is 8.82. The molecular formula is C13H17F4NO. The minimum Gasteiger partial charge on any atom is -0.396 e. The highest BCUT2D eigenvalue weighted by Crippen LogP contribution is 2.30. The maximum Gasteiger partial charge on any atom is 0.416 e. The zero-order valence-corrected chi connectivity index (χ0v) is 10.6. The summed E-state index contributed by atoms with van der Waals surface area (Å²) in [7, 11) is 0. The van der Waals surface area contributed by atoms with Crippen LogP contribution in [0.15, 0.2) is 18.2 Å². The minimum atomic E-state index is -4.54. The van der Waals surface area contributed by atoms with E-state index in [4.69, 9.17) is 5.11 Å². The van der Waals surface area contributed by atoms with Crippen molar-refractivity contribution in [2.75, 3.05) is 6.61 Å². The summed E-state index contributed by atoms with van der Waals surface area (Å²) < 4.78 is 50.6. The SMILES string of the molecule is CC(CCCO)NCc1cc(F)cc(C(F)(F)F)c1. The zero-order chi connectivity index (χ0) is 14.5. The van der Waals surface area contributed by atoms with E-state index < -0.39 is 17.6 Å². The molecule has 1 unspecified atom stereocenters. The van der Waals surface area contributed by atoms with Gasteiger partial charge in [0.2, 0.25) is 0 Å². The first kappa shape index (κ1) is 15.9. The smallest absolute Gasteiger partial charge is 0.396 e. The third kappa shape index (κ3) is 5.57. The first-order valence-corrected chi connectivity index (χ1v) is 6.04. The van der Waals surface area contributed by atoms with Crippen molar-refractivity contribution >= 4 is 0 Å². The van der Waals surface area contributed by atoms with Crippen molar-refractivity contribution in [3.8, 4) is 0 Å². The van der Waals surface area contributed by atoms with Gasteiger partial charge in [-0.1, -0.05) is 0 Å². The fraction of sp³-hybridized carbons (Fsp3) is 0.538. The largest absolute Gasteiger partial charge is 0.416 e. The molecular weight excluding hydrogens is 262 g/mol. The molecule has 0 amide bonds. The molecule has 1 aromatic rings. The molecule has 0 heterocycles. The molecule has 1 rings (SSSR count). The molecule has 0 radical (unpaired) electrons. The van der Waals surface area contributed by atoms with Gasteiger partial charge >= 0.3 is 6.18 Å². The first-order valence-electron chi connectivity index (χ1n) is 6.04. The molecule has 1 atom stereocenters.